The third kappa shape index (κ3) is 14.9. The largest absolute Gasteiger partial charge is 0.465 e. The fourth-order valence-electron chi connectivity index (χ4n) is 2.87. The van der Waals surface area contributed by atoms with Crippen molar-refractivity contribution in [3.63, 3.8) is 0 Å². The van der Waals surface area contributed by atoms with Crippen LogP contribution >= 0.6 is 0 Å². The molecule has 0 saturated heterocycles. The van der Waals surface area contributed by atoms with Crippen LogP contribution in [-0.4, -0.2) is 83.8 Å². The topological polar surface area (TPSA) is 102 Å². The molecule has 0 bridgehead atoms. The van der Waals surface area contributed by atoms with Crippen molar-refractivity contribution in [2.24, 2.45) is 5.41 Å². The van der Waals surface area contributed by atoms with Crippen molar-refractivity contribution in [2.45, 2.75) is 77.3 Å². The highest BCUT2D eigenvalue weighted by molar-refractivity contribution is 5.75. The van der Waals surface area contributed by atoms with Crippen LogP contribution in [0.25, 0.3) is 0 Å². The average molecular weight is 465 g/mol. The van der Waals surface area contributed by atoms with Crippen molar-refractivity contribution in [3.8, 4) is 0 Å². The second-order valence-corrected chi connectivity index (χ2v) is 8.58. The highest BCUT2D eigenvalue weighted by Crippen LogP contribution is 2.20. The third-order valence-corrected chi connectivity index (χ3v) is 4.66. The van der Waals surface area contributed by atoms with E-state index in [1.807, 2.05) is 20.8 Å². The molecule has 0 heterocycles. The van der Waals surface area contributed by atoms with Crippen LogP contribution in [0.15, 0.2) is 12.7 Å². The maximum atomic E-state index is 12.0. The molecule has 0 aliphatic heterocycles. The molecule has 0 spiro atoms. The van der Waals surface area contributed by atoms with Crippen molar-refractivity contribution in [2.75, 3.05) is 48.3 Å². The highest BCUT2D eigenvalue weighted by Gasteiger charge is 2.26. The summed E-state index contributed by atoms with van der Waals surface area (Å²) in [6.07, 6.45) is 2.66. The minimum atomic E-state index is -0.692. The van der Waals surface area contributed by atoms with Crippen LogP contribution in [0.4, 0.5) is 0 Å². The predicted molar refractivity (Wildman–Crippen MR) is 120 cm³/mol. The Kier molecular flexibility index (Phi) is 17.8. The minimum absolute atomic E-state index is 0.0845. The van der Waals surface area contributed by atoms with Gasteiger partial charge in [0, 0.05) is 34.2 Å². The van der Waals surface area contributed by atoms with E-state index in [1.54, 1.807) is 20.3 Å². The van der Waals surface area contributed by atoms with Crippen LogP contribution in [0.3, 0.4) is 0 Å². The van der Waals surface area contributed by atoms with E-state index >= 15 is 0 Å². The van der Waals surface area contributed by atoms with E-state index in [9.17, 15) is 9.90 Å². The number of aliphatic hydroxyl groups excluding tert-OH is 1. The lowest BCUT2D eigenvalue weighted by molar-refractivity contribution is -0.155. The molecular formula is C23H44O9. The molecule has 32 heavy (non-hydrogen) atoms. The Hall–Kier alpha value is -1.07. The maximum Gasteiger partial charge on any atom is 0.311 e. The summed E-state index contributed by atoms with van der Waals surface area (Å²) in [5, 5.41) is 10.3. The van der Waals surface area contributed by atoms with Gasteiger partial charge in [-0.15, -0.1) is 6.58 Å². The molecule has 9 nitrogen and oxygen atoms in total. The summed E-state index contributed by atoms with van der Waals surface area (Å²) < 4.78 is 37.7. The summed E-state index contributed by atoms with van der Waals surface area (Å²) >= 11 is 0. The van der Waals surface area contributed by atoms with Gasteiger partial charge in [-0.1, -0.05) is 6.08 Å². The van der Waals surface area contributed by atoms with Gasteiger partial charge >= 0.3 is 5.97 Å². The van der Waals surface area contributed by atoms with E-state index in [2.05, 4.69) is 6.58 Å². The smallest absolute Gasteiger partial charge is 0.311 e. The van der Waals surface area contributed by atoms with Crippen LogP contribution < -0.4 is 0 Å². The Balaban J connectivity index is 4.98. The van der Waals surface area contributed by atoms with Gasteiger partial charge in [0.05, 0.1) is 36.4 Å². The highest BCUT2D eigenvalue weighted by atomic mass is 16.7. The molecule has 0 aromatic heterocycles. The van der Waals surface area contributed by atoms with Crippen LogP contribution in [0, 0.1) is 5.41 Å². The summed E-state index contributed by atoms with van der Waals surface area (Å²) in [5.74, 6) is -0.260. The van der Waals surface area contributed by atoms with Crippen molar-refractivity contribution in [1.82, 2.24) is 0 Å². The Morgan fingerprint density at radius 2 is 1.44 bits per heavy atom. The number of carbonyl (C=O) groups is 1. The molecule has 190 valence electrons. The molecule has 0 aliphatic carbocycles. The first-order chi connectivity index (χ1) is 15.2. The summed E-state index contributed by atoms with van der Waals surface area (Å²) in [5.41, 5.74) is -0.559. The predicted octanol–water partition coefficient (Wildman–Crippen LogP) is 3.04. The second kappa shape index (κ2) is 18.4. The van der Waals surface area contributed by atoms with Crippen molar-refractivity contribution < 1.29 is 43.1 Å². The first kappa shape index (κ1) is 30.9. The van der Waals surface area contributed by atoms with Gasteiger partial charge < -0.3 is 38.3 Å². The number of methoxy groups -OCH3 is 3. The normalized spacial score (nSPS) is 15.7. The first-order valence-electron chi connectivity index (χ1n) is 11.0. The van der Waals surface area contributed by atoms with Gasteiger partial charge in [0.15, 0.2) is 0 Å². The van der Waals surface area contributed by atoms with Gasteiger partial charge in [-0.25, -0.2) is 0 Å². The molecule has 1 N–H and O–H groups in total. The Bertz CT molecular complexity index is 479. The summed E-state index contributed by atoms with van der Waals surface area (Å²) in [7, 11) is 4.64. The van der Waals surface area contributed by atoms with E-state index < -0.39 is 17.6 Å². The van der Waals surface area contributed by atoms with Crippen LogP contribution in [-0.2, 0) is 38.0 Å². The molecule has 0 saturated carbocycles. The molecule has 9 heteroatoms. The van der Waals surface area contributed by atoms with Crippen LogP contribution in [0.1, 0.15) is 52.9 Å². The van der Waals surface area contributed by atoms with E-state index in [0.717, 1.165) is 0 Å². The van der Waals surface area contributed by atoms with Crippen LogP contribution in [0.5, 0.6) is 0 Å². The van der Waals surface area contributed by atoms with Crippen molar-refractivity contribution >= 4 is 5.97 Å². The Morgan fingerprint density at radius 3 is 1.94 bits per heavy atom. The van der Waals surface area contributed by atoms with E-state index in [-0.39, 0.29) is 45.2 Å². The Morgan fingerprint density at radius 1 is 0.906 bits per heavy atom. The quantitative estimate of drug-likeness (QED) is 0.165. The zero-order valence-corrected chi connectivity index (χ0v) is 20.7. The lowest BCUT2D eigenvalue weighted by Gasteiger charge is -2.27. The molecule has 0 radical (unpaired) electrons. The van der Waals surface area contributed by atoms with Gasteiger partial charge in [0.25, 0.3) is 0 Å². The number of carbonyl (C=O) groups excluding carboxylic acids is 1. The molecule has 0 aromatic rings. The maximum absolute atomic E-state index is 12.0. The monoisotopic (exact) mass is 464 g/mol. The number of hydrogen-bond acceptors (Lipinski definition) is 9. The van der Waals surface area contributed by atoms with Crippen molar-refractivity contribution in [1.29, 1.82) is 0 Å². The molecule has 0 aromatic carbocycles. The fourth-order valence-corrected chi connectivity index (χ4v) is 2.87. The van der Waals surface area contributed by atoms with Gasteiger partial charge in [-0.3, -0.25) is 4.79 Å². The molecule has 0 rings (SSSR count). The molecule has 0 amide bonds. The summed E-state index contributed by atoms with van der Waals surface area (Å²) in [6, 6.07) is 0. The molecule has 4 atom stereocenters. The first-order valence-corrected chi connectivity index (χ1v) is 11.0. The summed E-state index contributed by atoms with van der Waals surface area (Å²) in [6.45, 7) is 9.67. The molecule has 0 aliphatic rings. The zero-order chi connectivity index (χ0) is 24.4. The number of rotatable bonds is 20. The lowest BCUT2D eigenvalue weighted by Crippen LogP contribution is -2.32. The van der Waals surface area contributed by atoms with Gasteiger partial charge in [0.1, 0.15) is 20.4 Å². The minimum Gasteiger partial charge on any atom is -0.465 e. The molecular weight excluding hydrogens is 420 g/mol. The van der Waals surface area contributed by atoms with E-state index in [0.29, 0.717) is 32.1 Å². The average Bonchev–Trinajstić information content (AvgIpc) is 2.74. The van der Waals surface area contributed by atoms with Gasteiger partial charge in [0.2, 0.25) is 0 Å². The number of aliphatic hydroxyl groups is 1. The van der Waals surface area contributed by atoms with Gasteiger partial charge in [-0.2, -0.15) is 0 Å². The van der Waals surface area contributed by atoms with E-state index in [1.165, 1.54) is 7.11 Å². The second-order valence-electron chi connectivity index (χ2n) is 8.58. The SMILES string of the molecule is C=CC[C@@H](O)[C@@H](CC[C@H](C[C@H](CCOC(=O)C(C)(C)C)OCOC)OCOC)OCOC. The third-order valence-electron chi connectivity index (χ3n) is 4.66. The fraction of sp³-hybridized carbons (Fsp3) is 0.870. The Labute approximate surface area is 193 Å². The standard InChI is InChI=1S/C23H44O9/c1-8-9-20(24)21(32-17-28-7)11-10-18(30-15-26-5)14-19(31-16-27-6)12-13-29-22(25)23(2,3)4/h8,18-21,24H,1,9-17H2,2-7H3/t18-,19+,20-,21-/m1/s1. The summed E-state index contributed by atoms with van der Waals surface area (Å²) in [4.78, 5) is 12.0. The van der Waals surface area contributed by atoms with E-state index in [4.69, 9.17) is 33.2 Å². The zero-order valence-electron chi connectivity index (χ0n) is 20.7. The molecule has 0 fully saturated rings. The number of hydrogen-bond donors (Lipinski definition) is 1. The molecule has 0 unspecified atom stereocenters. The lowest BCUT2D eigenvalue weighted by atomic mass is 9.97. The van der Waals surface area contributed by atoms with Crippen LogP contribution in [0.2, 0.25) is 0 Å². The van der Waals surface area contributed by atoms with Gasteiger partial charge in [-0.05, 0) is 40.0 Å². The number of ether oxygens (including phenoxy) is 7. The van der Waals surface area contributed by atoms with Crippen molar-refractivity contribution in [3.05, 3.63) is 12.7 Å². The number of esters is 1.